The summed E-state index contributed by atoms with van der Waals surface area (Å²) in [5.41, 5.74) is 3.25. The van der Waals surface area contributed by atoms with E-state index < -0.39 is 0 Å². The van der Waals surface area contributed by atoms with E-state index in [1.807, 2.05) is 6.07 Å². The van der Waals surface area contributed by atoms with Gasteiger partial charge in [-0.25, -0.2) is 0 Å². The van der Waals surface area contributed by atoms with Crippen molar-refractivity contribution in [3.63, 3.8) is 0 Å². The summed E-state index contributed by atoms with van der Waals surface area (Å²) in [6.07, 6.45) is 0.966. The summed E-state index contributed by atoms with van der Waals surface area (Å²) >= 11 is 12.5. The van der Waals surface area contributed by atoms with Gasteiger partial charge >= 0.3 is 0 Å². The van der Waals surface area contributed by atoms with Gasteiger partial charge in [0.15, 0.2) is 0 Å². The van der Waals surface area contributed by atoms with Crippen LogP contribution in [0.2, 0.25) is 10.0 Å². The Morgan fingerprint density at radius 1 is 1.00 bits per heavy atom. The zero-order chi connectivity index (χ0) is 18.8. The Bertz CT molecular complexity index is 678. The second-order valence-corrected chi connectivity index (χ2v) is 7.00. The van der Waals surface area contributed by atoms with E-state index in [1.165, 1.54) is 5.56 Å². The second kappa shape index (κ2) is 11.4. The number of hydrogen-bond donors (Lipinski definition) is 3. The van der Waals surface area contributed by atoms with Gasteiger partial charge in [0.1, 0.15) is 12.4 Å². The minimum atomic E-state index is 0.163. The molecule has 0 atom stereocenters. The van der Waals surface area contributed by atoms with Crippen molar-refractivity contribution < 1.29 is 9.84 Å². The molecule has 0 amide bonds. The third-order valence-electron chi connectivity index (χ3n) is 3.90. The Morgan fingerprint density at radius 2 is 1.73 bits per heavy atom. The van der Waals surface area contributed by atoms with Gasteiger partial charge in [0, 0.05) is 23.7 Å². The Kier molecular flexibility index (Phi) is 9.23. The lowest BCUT2D eigenvalue weighted by molar-refractivity contribution is 0.292. The molecule has 0 aliphatic heterocycles. The van der Waals surface area contributed by atoms with Crippen molar-refractivity contribution in [2.45, 2.75) is 26.5 Å². The molecule has 0 fully saturated rings. The molecule has 0 aliphatic carbocycles. The summed E-state index contributed by atoms with van der Waals surface area (Å²) in [5, 5.41) is 16.4. The number of aliphatic hydroxyl groups excluding tert-OH is 1. The van der Waals surface area contributed by atoms with Crippen LogP contribution < -0.4 is 15.4 Å². The summed E-state index contributed by atoms with van der Waals surface area (Å²) in [4.78, 5) is 0. The van der Waals surface area contributed by atoms with Crippen molar-refractivity contribution in [1.29, 1.82) is 0 Å². The van der Waals surface area contributed by atoms with Gasteiger partial charge in [-0.1, -0.05) is 53.0 Å². The monoisotopic (exact) mass is 396 g/mol. The highest BCUT2D eigenvalue weighted by atomic mass is 35.5. The molecule has 0 bridgehead atoms. The van der Waals surface area contributed by atoms with E-state index in [0.717, 1.165) is 30.6 Å². The lowest BCUT2D eigenvalue weighted by atomic mass is 10.1. The Hall–Kier alpha value is -1.30. The molecule has 2 aromatic rings. The predicted octanol–water partition coefficient (Wildman–Crippen LogP) is 3.94. The van der Waals surface area contributed by atoms with E-state index in [-0.39, 0.29) is 6.61 Å². The number of halogens is 2. The molecule has 6 heteroatoms. The summed E-state index contributed by atoms with van der Waals surface area (Å²) in [6.45, 7) is 5.64. The van der Waals surface area contributed by atoms with Crippen LogP contribution in [0.1, 0.15) is 23.1 Å². The van der Waals surface area contributed by atoms with Gasteiger partial charge < -0.3 is 20.5 Å². The molecule has 0 spiro atoms. The summed E-state index contributed by atoms with van der Waals surface area (Å²) < 4.78 is 5.99. The summed E-state index contributed by atoms with van der Waals surface area (Å²) in [6, 6.07) is 11.8. The quantitative estimate of drug-likeness (QED) is 0.503. The van der Waals surface area contributed by atoms with Crippen LogP contribution in [-0.2, 0) is 13.2 Å². The largest absolute Gasteiger partial charge is 0.487 e. The van der Waals surface area contributed by atoms with E-state index in [2.05, 4.69) is 41.8 Å². The molecule has 0 unspecified atom stereocenters. The average Bonchev–Trinajstić information content (AvgIpc) is 2.61. The molecule has 0 heterocycles. The number of benzene rings is 2. The summed E-state index contributed by atoms with van der Waals surface area (Å²) in [7, 11) is 0. The highest BCUT2D eigenvalue weighted by Gasteiger charge is 2.11. The SMILES string of the molecule is Cc1ccc(COc2c(Cl)cc(Cl)cc2CNCCCNCCO)cc1. The Morgan fingerprint density at radius 3 is 2.46 bits per heavy atom. The molecular formula is C20H26Cl2N2O2. The maximum atomic E-state index is 8.73. The molecule has 2 aromatic carbocycles. The molecule has 0 saturated carbocycles. The van der Waals surface area contributed by atoms with Crippen LogP contribution in [0.15, 0.2) is 36.4 Å². The number of aryl methyl sites for hydroxylation is 1. The van der Waals surface area contributed by atoms with E-state index in [9.17, 15) is 0 Å². The second-order valence-electron chi connectivity index (χ2n) is 6.15. The minimum absolute atomic E-state index is 0.163. The van der Waals surface area contributed by atoms with Crippen LogP contribution in [0.5, 0.6) is 5.75 Å². The maximum absolute atomic E-state index is 8.73. The predicted molar refractivity (Wildman–Crippen MR) is 108 cm³/mol. The van der Waals surface area contributed by atoms with E-state index >= 15 is 0 Å². The first kappa shape index (κ1) is 21.0. The molecule has 3 N–H and O–H groups in total. The number of hydrogen-bond acceptors (Lipinski definition) is 4. The van der Waals surface area contributed by atoms with Gasteiger partial charge in [0.2, 0.25) is 0 Å². The molecule has 26 heavy (non-hydrogen) atoms. The van der Waals surface area contributed by atoms with Gasteiger partial charge in [0.25, 0.3) is 0 Å². The maximum Gasteiger partial charge on any atom is 0.142 e. The van der Waals surface area contributed by atoms with Crippen LogP contribution >= 0.6 is 23.2 Å². The van der Waals surface area contributed by atoms with Gasteiger partial charge in [-0.05, 0) is 44.1 Å². The first-order valence-electron chi connectivity index (χ1n) is 8.78. The van der Waals surface area contributed by atoms with Gasteiger partial charge in [0.05, 0.1) is 11.6 Å². The van der Waals surface area contributed by atoms with Crippen molar-refractivity contribution in [2.24, 2.45) is 0 Å². The number of aliphatic hydroxyl groups is 1. The van der Waals surface area contributed by atoms with E-state index in [0.29, 0.717) is 35.5 Å². The summed E-state index contributed by atoms with van der Waals surface area (Å²) in [5.74, 6) is 0.669. The van der Waals surface area contributed by atoms with Crippen LogP contribution in [-0.4, -0.2) is 31.3 Å². The van der Waals surface area contributed by atoms with Crippen LogP contribution in [0.4, 0.5) is 0 Å². The van der Waals surface area contributed by atoms with Crippen molar-refractivity contribution in [1.82, 2.24) is 10.6 Å². The highest BCUT2D eigenvalue weighted by molar-refractivity contribution is 6.35. The van der Waals surface area contributed by atoms with Gasteiger partial charge in [-0.15, -0.1) is 0 Å². The number of nitrogens with one attached hydrogen (secondary N) is 2. The van der Waals surface area contributed by atoms with Crippen molar-refractivity contribution in [3.8, 4) is 5.75 Å². The Balaban J connectivity index is 1.91. The average molecular weight is 397 g/mol. The number of ether oxygens (including phenoxy) is 1. The third-order valence-corrected chi connectivity index (χ3v) is 4.40. The number of rotatable bonds is 11. The fourth-order valence-corrected chi connectivity index (χ4v) is 3.10. The Labute approximate surface area is 165 Å². The molecule has 0 aliphatic rings. The lowest BCUT2D eigenvalue weighted by Crippen LogP contribution is -2.24. The molecule has 4 nitrogen and oxygen atoms in total. The molecule has 142 valence electrons. The first-order valence-corrected chi connectivity index (χ1v) is 9.54. The zero-order valence-electron chi connectivity index (χ0n) is 15.0. The lowest BCUT2D eigenvalue weighted by Gasteiger charge is -2.15. The molecule has 0 radical (unpaired) electrons. The fourth-order valence-electron chi connectivity index (χ4n) is 2.51. The third kappa shape index (κ3) is 7.14. The van der Waals surface area contributed by atoms with Gasteiger partial charge in [-0.2, -0.15) is 0 Å². The smallest absolute Gasteiger partial charge is 0.142 e. The van der Waals surface area contributed by atoms with Crippen molar-refractivity contribution in [3.05, 3.63) is 63.1 Å². The van der Waals surface area contributed by atoms with Crippen LogP contribution in [0.3, 0.4) is 0 Å². The van der Waals surface area contributed by atoms with Crippen molar-refractivity contribution >= 4 is 23.2 Å². The van der Waals surface area contributed by atoms with Crippen LogP contribution in [0.25, 0.3) is 0 Å². The standard InChI is InChI=1S/C20H26Cl2N2O2/c1-15-3-5-16(6-4-15)14-26-20-17(11-18(21)12-19(20)22)13-24-8-2-7-23-9-10-25/h3-6,11-12,23-25H,2,7-10,13-14H2,1H3. The first-order chi connectivity index (χ1) is 12.6. The van der Waals surface area contributed by atoms with E-state index in [1.54, 1.807) is 6.07 Å². The van der Waals surface area contributed by atoms with E-state index in [4.69, 9.17) is 33.0 Å². The van der Waals surface area contributed by atoms with Gasteiger partial charge in [-0.3, -0.25) is 0 Å². The van der Waals surface area contributed by atoms with Crippen molar-refractivity contribution in [2.75, 3.05) is 26.2 Å². The highest BCUT2D eigenvalue weighted by Crippen LogP contribution is 2.33. The zero-order valence-corrected chi connectivity index (χ0v) is 16.5. The normalized spacial score (nSPS) is 10.9. The molecule has 2 rings (SSSR count). The topological polar surface area (TPSA) is 53.5 Å². The molecule has 0 saturated heterocycles. The molecule has 0 aromatic heterocycles. The minimum Gasteiger partial charge on any atom is -0.487 e. The van der Waals surface area contributed by atoms with Crippen LogP contribution in [0, 0.1) is 6.92 Å². The molecular weight excluding hydrogens is 371 g/mol. The fraction of sp³-hybridized carbons (Fsp3) is 0.400.